The number of hydrogen-bond donors (Lipinski definition) is 1. The van der Waals surface area contributed by atoms with Crippen molar-refractivity contribution in [3.8, 4) is 0 Å². The molecule has 0 aromatic carbocycles. The first-order valence-electron chi connectivity index (χ1n) is 8.11. The van der Waals surface area contributed by atoms with E-state index in [1.54, 1.807) is 27.7 Å². The Labute approximate surface area is 146 Å². The fraction of sp³-hybridized carbons (Fsp3) is 0.882. The van der Waals surface area contributed by atoms with Crippen LogP contribution >= 0.6 is 0 Å². The second kappa shape index (κ2) is 7.93. The van der Waals surface area contributed by atoms with E-state index < -0.39 is 47.1 Å². The van der Waals surface area contributed by atoms with Crippen LogP contribution in [0.1, 0.15) is 60.8 Å². The summed E-state index contributed by atoms with van der Waals surface area (Å²) in [6.07, 6.45) is -6.30. The fourth-order valence-electron chi connectivity index (χ4n) is 2.71. The summed E-state index contributed by atoms with van der Waals surface area (Å²) in [6, 6.07) is 0. The first kappa shape index (κ1) is 23.7. The molecule has 3 atom stereocenters. The van der Waals surface area contributed by atoms with Gasteiger partial charge in [0.05, 0.1) is 17.9 Å². The van der Waals surface area contributed by atoms with E-state index in [2.05, 4.69) is 0 Å². The van der Waals surface area contributed by atoms with Gasteiger partial charge in [0.2, 0.25) is 0 Å². The number of rotatable bonds is 8. The highest BCUT2D eigenvalue weighted by molar-refractivity contribution is 5.80. The summed E-state index contributed by atoms with van der Waals surface area (Å²) in [5.41, 5.74) is -4.99. The quantitative estimate of drug-likeness (QED) is 0.661. The normalized spacial score (nSPS) is 18.7. The number of ether oxygens (including phenoxy) is 2. The van der Waals surface area contributed by atoms with Crippen LogP contribution in [0.25, 0.3) is 0 Å². The molecule has 0 aliphatic rings. The van der Waals surface area contributed by atoms with Crippen LogP contribution in [0.3, 0.4) is 0 Å². The highest BCUT2D eigenvalue weighted by atomic mass is 19.4. The zero-order valence-electron chi connectivity index (χ0n) is 15.9. The Morgan fingerprint density at radius 1 is 1.08 bits per heavy atom. The van der Waals surface area contributed by atoms with Gasteiger partial charge in [0.15, 0.2) is 5.60 Å². The molecule has 25 heavy (non-hydrogen) atoms. The summed E-state index contributed by atoms with van der Waals surface area (Å²) < 4.78 is 48.1. The van der Waals surface area contributed by atoms with E-state index in [0.717, 1.165) is 0 Å². The molecule has 0 saturated carbocycles. The third kappa shape index (κ3) is 6.17. The van der Waals surface area contributed by atoms with Crippen molar-refractivity contribution in [1.82, 2.24) is 0 Å². The fourth-order valence-corrected chi connectivity index (χ4v) is 2.71. The minimum atomic E-state index is -4.82. The van der Waals surface area contributed by atoms with Crippen LogP contribution in [-0.2, 0) is 19.1 Å². The monoisotopic (exact) mass is 370 g/mol. The van der Waals surface area contributed by atoms with Gasteiger partial charge in [-0.15, -0.1) is 0 Å². The largest absolute Gasteiger partial charge is 0.469 e. The Morgan fingerprint density at radius 3 is 1.92 bits per heavy atom. The van der Waals surface area contributed by atoms with Crippen LogP contribution in [0, 0.1) is 10.8 Å². The summed E-state index contributed by atoms with van der Waals surface area (Å²) >= 11 is 0. The molecule has 1 N–H and O–H groups in total. The molecule has 0 spiro atoms. The van der Waals surface area contributed by atoms with Gasteiger partial charge in [0.1, 0.15) is 6.10 Å². The van der Waals surface area contributed by atoms with Gasteiger partial charge < -0.3 is 14.6 Å². The maximum absolute atomic E-state index is 12.7. The van der Waals surface area contributed by atoms with Crippen LogP contribution in [0.2, 0.25) is 0 Å². The van der Waals surface area contributed by atoms with Gasteiger partial charge in [-0.2, -0.15) is 13.2 Å². The second-order valence-electron chi connectivity index (χ2n) is 7.66. The molecule has 0 amide bonds. The van der Waals surface area contributed by atoms with Crippen molar-refractivity contribution < 1.29 is 37.3 Å². The summed E-state index contributed by atoms with van der Waals surface area (Å²) in [5, 5.41) is 9.51. The van der Waals surface area contributed by atoms with E-state index in [-0.39, 0.29) is 6.42 Å². The van der Waals surface area contributed by atoms with Crippen molar-refractivity contribution in [2.45, 2.75) is 78.7 Å². The van der Waals surface area contributed by atoms with Crippen molar-refractivity contribution >= 4 is 11.9 Å². The lowest BCUT2D eigenvalue weighted by molar-refractivity contribution is -0.261. The predicted molar refractivity (Wildman–Crippen MR) is 85.7 cm³/mol. The number of carbonyl (C=O) groups is 2. The molecule has 0 aliphatic carbocycles. The standard InChI is InChI=1S/C17H29F3O5/c1-8-15(5,10-14(3,4)12(21)24-7)13(22)25-11(2)9-16(6,23)17(18,19)20/h11,23H,8-10H2,1-7H3. The number of aliphatic hydroxyl groups is 1. The van der Waals surface area contributed by atoms with Gasteiger partial charge >= 0.3 is 18.1 Å². The van der Waals surface area contributed by atoms with E-state index in [1.807, 2.05) is 0 Å². The van der Waals surface area contributed by atoms with Gasteiger partial charge in [-0.1, -0.05) is 6.92 Å². The molecule has 0 fully saturated rings. The number of esters is 2. The summed E-state index contributed by atoms with van der Waals surface area (Å²) in [7, 11) is 1.24. The van der Waals surface area contributed by atoms with E-state index in [0.29, 0.717) is 13.3 Å². The Hall–Kier alpha value is -1.31. The molecule has 0 heterocycles. The maximum Gasteiger partial charge on any atom is 0.417 e. The Bertz CT molecular complexity index is 485. The number of methoxy groups -OCH3 is 1. The number of halogens is 3. The third-order valence-corrected chi connectivity index (χ3v) is 4.45. The second-order valence-corrected chi connectivity index (χ2v) is 7.66. The number of hydrogen-bond acceptors (Lipinski definition) is 5. The van der Waals surface area contributed by atoms with Gasteiger partial charge in [-0.05, 0) is 47.5 Å². The van der Waals surface area contributed by atoms with Crippen LogP contribution in [0.5, 0.6) is 0 Å². The first-order valence-corrected chi connectivity index (χ1v) is 8.11. The molecule has 5 nitrogen and oxygen atoms in total. The van der Waals surface area contributed by atoms with Gasteiger partial charge in [0.25, 0.3) is 0 Å². The predicted octanol–water partition coefficient (Wildman–Crippen LogP) is 3.63. The SMILES string of the molecule is CCC(C)(CC(C)(C)C(=O)OC)C(=O)OC(C)CC(C)(O)C(F)(F)F. The average Bonchev–Trinajstić information content (AvgIpc) is 2.43. The molecular weight excluding hydrogens is 341 g/mol. The van der Waals surface area contributed by atoms with E-state index in [4.69, 9.17) is 9.47 Å². The zero-order chi connectivity index (χ0) is 20.3. The van der Waals surface area contributed by atoms with E-state index >= 15 is 0 Å². The smallest absolute Gasteiger partial charge is 0.417 e. The summed E-state index contributed by atoms with van der Waals surface area (Å²) in [4.78, 5) is 24.3. The lowest BCUT2D eigenvalue weighted by Gasteiger charge is -2.35. The topological polar surface area (TPSA) is 72.8 Å². The number of alkyl halides is 3. The van der Waals surface area contributed by atoms with Crippen molar-refractivity contribution in [1.29, 1.82) is 0 Å². The van der Waals surface area contributed by atoms with Gasteiger partial charge in [-0.3, -0.25) is 9.59 Å². The molecule has 0 aromatic heterocycles. The van der Waals surface area contributed by atoms with Crippen molar-refractivity contribution in [2.75, 3.05) is 7.11 Å². The average molecular weight is 370 g/mol. The molecule has 0 bridgehead atoms. The minimum Gasteiger partial charge on any atom is -0.469 e. The Balaban J connectivity index is 5.14. The van der Waals surface area contributed by atoms with Crippen LogP contribution < -0.4 is 0 Å². The molecule has 0 aliphatic heterocycles. The molecule has 3 unspecified atom stereocenters. The Kier molecular flexibility index (Phi) is 7.51. The van der Waals surface area contributed by atoms with Gasteiger partial charge in [0, 0.05) is 6.42 Å². The maximum atomic E-state index is 12.7. The number of carbonyl (C=O) groups excluding carboxylic acids is 2. The molecule has 0 aromatic rings. The summed E-state index contributed by atoms with van der Waals surface area (Å²) in [6.45, 7) is 8.49. The minimum absolute atomic E-state index is 0.115. The zero-order valence-corrected chi connectivity index (χ0v) is 15.9. The van der Waals surface area contributed by atoms with Crippen LogP contribution in [0.15, 0.2) is 0 Å². The lowest BCUT2D eigenvalue weighted by atomic mass is 9.72. The molecular formula is C17H29F3O5. The molecule has 0 rings (SSSR count). The van der Waals surface area contributed by atoms with Crippen LogP contribution in [-0.4, -0.2) is 42.0 Å². The molecule has 0 radical (unpaired) electrons. The first-order chi connectivity index (χ1) is 11.0. The van der Waals surface area contributed by atoms with E-state index in [9.17, 15) is 27.9 Å². The molecule has 148 valence electrons. The highest BCUT2D eigenvalue weighted by Crippen LogP contribution is 2.39. The van der Waals surface area contributed by atoms with Crippen molar-refractivity contribution in [2.24, 2.45) is 10.8 Å². The van der Waals surface area contributed by atoms with Gasteiger partial charge in [-0.25, -0.2) is 0 Å². The highest BCUT2D eigenvalue weighted by Gasteiger charge is 2.51. The van der Waals surface area contributed by atoms with Crippen molar-refractivity contribution in [3.05, 3.63) is 0 Å². The Morgan fingerprint density at radius 2 is 1.56 bits per heavy atom. The van der Waals surface area contributed by atoms with E-state index in [1.165, 1.54) is 14.0 Å². The molecule has 8 heteroatoms. The lowest BCUT2D eigenvalue weighted by Crippen LogP contribution is -2.46. The third-order valence-electron chi connectivity index (χ3n) is 4.45. The summed E-state index contributed by atoms with van der Waals surface area (Å²) in [5.74, 6) is -1.20. The van der Waals surface area contributed by atoms with Crippen LogP contribution in [0.4, 0.5) is 13.2 Å². The van der Waals surface area contributed by atoms with Crippen molar-refractivity contribution in [3.63, 3.8) is 0 Å². The molecule has 0 saturated heterocycles.